The highest BCUT2D eigenvalue weighted by Gasteiger charge is 2.53. The first-order chi connectivity index (χ1) is 22.8. The largest absolute Gasteiger partial charge is 0.455 e. The van der Waals surface area contributed by atoms with Crippen molar-refractivity contribution in [1.29, 1.82) is 0 Å². The SMILES string of the molecule is CC(C)(C)C(C(C)(C)C)C1(OC(=O)c2c(-c3ccc(Cl)cc3)c(I)n3cc(C(=O)NS(=O)(=O)Nc4ccccc4)c(N)nc23)CCCCC1. The monoisotopic (exact) mass is 819 g/mol. The fourth-order valence-electron chi connectivity index (χ4n) is 7.97. The van der Waals surface area contributed by atoms with E-state index in [2.05, 4.69) is 73.8 Å². The minimum absolute atomic E-state index is 0.0310. The number of carbonyl (C=O) groups excluding carboxylic acids is 2. The number of nitrogens with two attached hydrogens (primary N) is 1. The van der Waals surface area contributed by atoms with E-state index in [0.717, 1.165) is 32.1 Å². The topological polar surface area (TPSA) is 145 Å². The highest BCUT2D eigenvalue weighted by Crippen LogP contribution is 2.54. The second-order valence-electron chi connectivity index (χ2n) is 14.9. The molecule has 2 aromatic heterocycles. The first-order valence-corrected chi connectivity index (χ1v) is 19.2. The summed E-state index contributed by atoms with van der Waals surface area (Å²) in [6, 6.07) is 15.2. The van der Waals surface area contributed by atoms with Crippen LogP contribution < -0.4 is 15.2 Å². The zero-order chi connectivity index (χ0) is 35.9. The van der Waals surface area contributed by atoms with Crippen LogP contribution in [0.4, 0.5) is 11.5 Å². The molecule has 1 amide bonds. The van der Waals surface area contributed by atoms with Gasteiger partial charge < -0.3 is 10.5 Å². The molecular formula is C36H43ClIN5O5S. The molecule has 0 saturated heterocycles. The lowest BCUT2D eigenvalue weighted by molar-refractivity contribution is -0.136. The second kappa shape index (κ2) is 13.7. The van der Waals surface area contributed by atoms with Gasteiger partial charge in [-0.05, 0) is 88.9 Å². The summed E-state index contributed by atoms with van der Waals surface area (Å²) in [4.78, 5) is 32.6. The summed E-state index contributed by atoms with van der Waals surface area (Å²) in [6.45, 7) is 13.2. The summed E-state index contributed by atoms with van der Waals surface area (Å²) in [5.41, 5.74) is 6.97. The van der Waals surface area contributed by atoms with E-state index in [1.54, 1.807) is 59.0 Å². The number of ether oxygens (including phenoxy) is 1. The number of nitrogens with one attached hydrogen (secondary N) is 2. The third kappa shape index (κ3) is 7.86. The molecule has 13 heteroatoms. The van der Waals surface area contributed by atoms with Gasteiger partial charge in [0.2, 0.25) is 0 Å². The Morgan fingerprint density at radius 3 is 2.14 bits per heavy atom. The first-order valence-electron chi connectivity index (χ1n) is 16.2. The number of carbonyl (C=O) groups is 2. The Labute approximate surface area is 306 Å². The number of halogens is 2. The van der Waals surface area contributed by atoms with E-state index < -0.39 is 27.7 Å². The molecule has 262 valence electrons. The fraction of sp³-hybridized carbons (Fsp3) is 0.417. The summed E-state index contributed by atoms with van der Waals surface area (Å²) in [6.07, 6.45) is 5.83. The van der Waals surface area contributed by atoms with Gasteiger partial charge in [-0.1, -0.05) is 89.9 Å². The standard InChI is InChI=1S/C36H43ClIN5O5S/c1-34(2,3)33(35(4,5)6)36(19-11-8-12-20-36)48-32(45)27-26(22-15-17-23(37)18-16-22)28(38)43-21-25(29(39)40-30(27)43)31(44)42-49(46,47)41-24-13-9-7-10-14-24/h7,9-10,13-18,21,33,41H,8,11-12,19-20H2,1-6H3,(H2,39,40)(H,42,44). The average Bonchev–Trinajstić information content (AvgIpc) is 3.26. The van der Waals surface area contributed by atoms with Gasteiger partial charge in [-0.15, -0.1) is 0 Å². The van der Waals surface area contributed by atoms with Gasteiger partial charge in [0.05, 0.1) is 15.0 Å². The lowest BCUT2D eigenvalue weighted by Gasteiger charge is -2.54. The molecular weight excluding hydrogens is 777 g/mol. The maximum Gasteiger partial charge on any atom is 0.343 e. The Kier molecular flexibility index (Phi) is 10.4. The maximum atomic E-state index is 14.7. The maximum absolute atomic E-state index is 14.7. The molecule has 10 nitrogen and oxygen atoms in total. The number of amides is 1. The van der Waals surface area contributed by atoms with Crippen molar-refractivity contribution in [2.24, 2.45) is 16.7 Å². The number of hydrogen-bond donors (Lipinski definition) is 3. The van der Waals surface area contributed by atoms with E-state index in [4.69, 9.17) is 22.1 Å². The van der Waals surface area contributed by atoms with Crippen molar-refractivity contribution in [1.82, 2.24) is 14.1 Å². The molecule has 1 aliphatic carbocycles. The first kappa shape index (κ1) is 36.9. The van der Waals surface area contributed by atoms with Crippen LogP contribution in [0, 0.1) is 20.4 Å². The van der Waals surface area contributed by atoms with Gasteiger partial charge in [-0.3, -0.25) is 13.9 Å². The molecule has 0 spiro atoms. The number of fused-ring (bicyclic) bond motifs is 1. The van der Waals surface area contributed by atoms with E-state index in [9.17, 15) is 18.0 Å². The molecule has 5 rings (SSSR count). The molecule has 4 aromatic rings. The van der Waals surface area contributed by atoms with Gasteiger partial charge in [0.25, 0.3) is 5.91 Å². The van der Waals surface area contributed by atoms with Crippen LogP contribution in [-0.2, 0) is 14.9 Å². The van der Waals surface area contributed by atoms with Gasteiger partial charge in [-0.2, -0.15) is 8.42 Å². The molecule has 1 aliphatic rings. The molecule has 49 heavy (non-hydrogen) atoms. The minimum Gasteiger partial charge on any atom is -0.455 e. The number of nitrogen functional groups attached to an aromatic ring is 1. The third-order valence-corrected chi connectivity index (χ3v) is 11.2. The second-order valence-corrected chi connectivity index (χ2v) is 17.7. The van der Waals surface area contributed by atoms with E-state index in [1.807, 2.05) is 4.72 Å². The Bertz CT molecular complexity index is 1960. The lowest BCUT2D eigenvalue weighted by atomic mass is 9.56. The summed E-state index contributed by atoms with van der Waals surface area (Å²) < 4.78 is 38.9. The van der Waals surface area contributed by atoms with Crippen molar-refractivity contribution in [2.45, 2.75) is 79.2 Å². The van der Waals surface area contributed by atoms with E-state index in [1.165, 1.54) is 6.20 Å². The molecule has 0 radical (unpaired) electrons. The van der Waals surface area contributed by atoms with Crippen molar-refractivity contribution in [2.75, 3.05) is 10.5 Å². The molecule has 2 aromatic carbocycles. The van der Waals surface area contributed by atoms with Crippen LogP contribution in [0.15, 0.2) is 60.8 Å². The van der Waals surface area contributed by atoms with Crippen molar-refractivity contribution in [3.63, 3.8) is 0 Å². The molecule has 0 bridgehead atoms. The summed E-state index contributed by atoms with van der Waals surface area (Å²) >= 11 is 8.33. The molecule has 1 fully saturated rings. The Morgan fingerprint density at radius 2 is 1.57 bits per heavy atom. The average molecular weight is 820 g/mol. The van der Waals surface area contributed by atoms with Crippen LogP contribution in [0.3, 0.4) is 0 Å². The fourth-order valence-corrected chi connectivity index (χ4v) is 9.90. The van der Waals surface area contributed by atoms with Crippen LogP contribution in [-0.4, -0.2) is 35.3 Å². The van der Waals surface area contributed by atoms with Crippen molar-refractivity contribution < 1.29 is 22.7 Å². The van der Waals surface area contributed by atoms with Gasteiger partial charge in [0.1, 0.15) is 17.0 Å². The Hall–Kier alpha value is -3.36. The predicted octanol–water partition coefficient (Wildman–Crippen LogP) is 8.50. The smallest absolute Gasteiger partial charge is 0.343 e. The third-order valence-electron chi connectivity index (χ3n) is 8.97. The lowest BCUT2D eigenvalue weighted by Crippen LogP contribution is -2.54. The number of aromatic nitrogens is 2. The highest BCUT2D eigenvalue weighted by atomic mass is 127. The number of benzene rings is 2. The van der Waals surface area contributed by atoms with Crippen molar-refractivity contribution in [3.8, 4) is 11.1 Å². The molecule has 0 aliphatic heterocycles. The minimum atomic E-state index is -4.31. The van der Waals surface area contributed by atoms with Gasteiger partial charge in [-0.25, -0.2) is 14.5 Å². The number of esters is 1. The number of nitrogens with zero attached hydrogens (tertiary/aromatic N) is 2. The zero-order valence-corrected chi connectivity index (χ0v) is 32.3. The normalized spacial score (nSPS) is 15.3. The van der Waals surface area contributed by atoms with Crippen molar-refractivity contribution >= 4 is 73.4 Å². The van der Waals surface area contributed by atoms with Crippen LogP contribution in [0.2, 0.25) is 5.02 Å². The van der Waals surface area contributed by atoms with Gasteiger partial charge >= 0.3 is 16.2 Å². The summed E-state index contributed by atoms with van der Waals surface area (Å²) in [5, 5.41) is 0.526. The van der Waals surface area contributed by atoms with E-state index >= 15 is 0 Å². The molecule has 0 atom stereocenters. The van der Waals surface area contributed by atoms with Crippen molar-refractivity contribution in [3.05, 3.63) is 80.6 Å². The zero-order valence-electron chi connectivity index (χ0n) is 28.6. The number of hydrogen-bond acceptors (Lipinski definition) is 7. The Balaban J connectivity index is 1.63. The van der Waals surface area contributed by atoms with Crippen LogP contribution in [0.5, 0.6) is 0 Å². The van der Waals surface area contributed by atoms with Gasteiger partial charge in [0, 0.05) is 22.7 Å². The summed E-state index contributed by atoms with van der Waals surface area (Å²) in [7, 11) is -4.31. The van der Waals surface area contributed by atoms with Crippen LogP contribution in [0.25, 0.3) is 16.8 Å². The van der Waals surface area contributed by atoms with E-state index in [0.29, 0.717) is 19.9 Å². The quantitative estimate of drug-likeness (QED) is 0.119. The van der Waals surface area contributed by atoms with E-state index in [-0.39, 0.29) is 45.0 Å². The highest BCUT2D eigenvalue weighted by molar-refractivity contribution is 14.1. The number of anilines is 2. The summed E-state index contributed by atoms with van der Waals surface area (Å²) in [5.74, 6) is -1.75. The van der Waals surface area contributed by atoms with Crippen LogP contribution in [0.1, 0.15) is 94.4 Å². The molecule has 1 saturated carbocycles. The molecule has 4 N–H and O–H groups in total. The molecule has 0 unspecified atom stereocenters. The molecule has 2 heterocycles. The number of rotatable bonds is 8. The number of para-hydroxylation sites is 1. The Morgan fingerprint density at radius 1 is 0.980 bits per heavy atom. The van der Waals surface area contributed by atoms with Crippen LogP contribution >= 0.6 is 34.2 Å². The predicted molar refractivity (Wildman–Crippen MR) is 203 cm³/mol. The van der Waals surface area contributed by atoms with Gasteiger partial charge in [0.15, 0.2) is 5.65 Å².